The predicted molar refractivity (Wildman–Crippen MR) is 134 cm³/mol. The molecule has 0 spiro atoms. The monoisotopic (exact) mass is 491 g/mol. The maximum absolute atomic E-state index is 14.5. The van der Waals surface area contributed by atoms with Crippen LogP contribution < -0.4 is 0 Å². The van der Waals surface area contributed by atoms with Crippen molar-refractivity contribution in [3.05, 3.63) is 100 Å². The first kappa shape index (κ1) is 23.1. The van der Waals surface area contributed by atoms with Crippen molar-refractivity contribution >= 4 is 22.6 Å². The van der Waals surface area contributed by atoms with E-state index in [0.717, 1.165) is 22.8 Å². The first-order chi connectivity index (χ1) is 16.6. The van der Waals surface area contributed by atoms with Crippen LogP contribution in [0.25, 0.3) is 39.2 Å². The van der Waals surface area contributed by atoms with Gasteiger partial charge in [-0.2, -0.15) is 18.3 Å². The van der Waals surface area contributed by atoms with Gasteiger partial charge >= 0.3 is 6.18 Å². The van der Waals surface area contributed by atoms with Gasteiger partial charge < -0.3 is 0 Å². The summed E-state index contributed by atoms with van der Waals surface area (Å²) in [7, 11) is 0. The Morgan fingerprint density at radius 1 is 0.771 bits per heavy atom. The van der Waals surface area contributed by atoms with Gasteiger partial charge in [-0.25, -0.2) is 9.67 Å². The number of benzene rings is 3. The molecule has 0 radical (unpaired) electrons. The summed E-state index contributed by atoms with van der Waals surface area (Å²) in [6.07, 6.45) is -4.61. The fraction of sp³-hybridized carbons (Fsp3) is 0.143. The summed E-state index contributed by atoms with van der Waals surface area (Å²) in [6.45, 7) is 5.71. The predicted octanol–water partition coefficient (Wildman–Crippen LogP) is 8.35. The highest BCUT2D eigenvalue weighted by Crippen LogP contribution is 2.41. The number of aryl methyl sites for hydroxylation is 3. The molecule has 0 N–H and O–H groups in total. The summed E-state index contributed by atoms with van der Waals surface area (Å²) in [4.78, 5) is 4.70. The third-order valence-electron chi connectivity index (χ3n) is 6.02. The molecule has 0 unspecified atom stereocenters. The minimum Gasteiger partial charge on any atom is -0.228 e. The summed E-state index contributed by atoms with van der Waals surface area (Å²) in [5, 5.41) is 5.10. The average Bonchev–Trinajstić information content (AvgIpc) is 3.20. The number of fused-ring (bicyclic) bond motifs is 1. The molecule has 0 atom stereocenters. The number of rotatable bonds is 3. The third-order valence-corrected chi connectivity index (χ3v) is 6.42. The van der Waals surface area contributed by atoms with E-state index in [1.807, 2.05) is 51.1 Å². The number of hydrogen-bond donors (Lipinski definition) is 0. The number of halogens is 4. The second-order valence-electron chi connectivity index (χ2n) is 8.68. The van der Waals surface area contributed by atoms with E-state index in [1.54, 1.807) is 36.4 Å². The molecule has 0 aliphatic carbocycles. The molecule has 0 saturated heterocycles. The molecule has 2 aromatic heterocycles. The number of aromatic nitrogens is 3. The van der Waals surface area contributed by atoms with Crippen LogP contribution in [0.4, 0.5) is 13.2 Å². The van der Waals surface area contributed by atoms with Gasteiger partial charge in [0, 0.05) is 16.1 Å². The van der Waals surface area contributed by atoms with Crippen LogP contribution in [0.15, 0.2) is 72.8 Å². The SMILES string of the molecule is Cc1ccc(-c2cc(C(F)(F)F)c3c(-c4ccc(C)cc4)nn(-c4ccc(C)c(Cl)c4)c3n2)cc1. The Morgan fingerprint density at radius 2 is 1.37 bits per heavy atom. The lowest BCUT2D eigenvalue weighted by Crippen LogP contribution is -2.08. The first-order valence-corrected chi connectivity index (χ1v) is 11.4. The van der Waals surface area contributed by atoms with Crippen LogP contribution >= 0.6 is 11.6 Å². The van der Waals surface area contributed by atoms with Crippen LogP contribution in [0.2, 0.25) is 5.02 Å². The van der Waals surface area contributed by atoms with Gasteiger partial charge in [-0.3, -0.25) is 0 Å². The smallest absolute Gasteiger partial charge is 0.228 e. The second kappa shape index (κ2) is 8.54. The van der Waals surface area contributed by atoms with Crippen LogP contribution in [0, 0.1) is 20.8 Å². The number of pyridine rings is 1. The fourth-order valence-electron chi connectivity index (χ4n) is 4.02. The zero-order valence-electron chi connectivity index (χ0n) is 19.3. The standard InChI is InChI=1S/C28H21ClF3N3/c1-16-4-9-19(10-5-16)24-15-22(28(30,31)32)25-26(20-11-6-17(2)7-12-20)34-35(27(25)33-24)21-13-8-18(3)23(29)14-21/h4-15H,1-3H3. The van der Waals surface area contributed by atoms with Crippen LogP contribution in [0.1, 0.15) is 22.3 Å². The Morgan fingerprint density at radius 3 is 1.94 bits per heavy atom. The van der Waals surface area contributed by atoms with Gasteiger partial charge in [0.05, 0.1) is 22.3 Å². The molecule has 0 aliphatic heterocycles. The quantitative estimate of drug-likeness (QED) is 0.254. The topological polar surface area (TPSA) is 30.7 Å². The summed E-state index contributed by atoms with van der Waals surface area (Å²) < 4.78 is 44.9. The van der Waals surface area contributed by atoms with Crippen molar-refractivity contribution in [2.75, 3.05) is 0 Å². The molecule has 0 fully saturated rings. The van der Waals surface area contributed by atoms with Crippen molar-refractivity contribution in [2.24, 2.45) is 0 Å². The van der Waals surface area contributed by atoms with Gasteiger partial charge in [0.25, 0.3) is 0 Å². The Bertz CT molecular complexity index is 1550. The molecule has 7 heteroatoms. The molecule has 0 saturated carbocycles. The number of alkyl halides is 3. The molecule has 0 amide bonds. The molecular weight excluding hydrogens is 471 g/mol. The Hall–Kier alpha value is -3.64. The normalized spacial score (nSPS) is 11.9. The molecule has 5 aromatic rings. The lowest BCUT2D eigenvalue weighted by atomic mass is 10.0. The lowest BCUT2D eigenvalue weighted by Gasteiger charge is -2.12. The molecule has 176 valence electrons. The largest absolute Gasteiger partial charge is 0.417 e. The summed E-state index contributed by atoms with van der Waals surface area (Å²) in [6, 6.07) is 20.9. The highest BCUT2D eigenvalue weighted by atomic mass is 35.5. The Kier molecular flexibility index (Phi) is 5.64. The van der Waals surface area contributed by atoms with E-state index in [9.17, 15) is 13.2 Å². The van der Waals surface area contributed by atoms with E-state index in [4.69, 9.17) is 16.6 Å². The van der Waals surface area contributed by atoms with E-state index in [0.29, 0.717) is 21.8 Å². The van der Waals surface area contributed by atoms with Gasteiger partial charge in [-0.1, -0.05) is 77.3 Å². The highest BCUT2D eigenvalue weighted by Gasteiger charge is 2.36. The molecule has 35 heavy (non-hydrogen) atoms. The van der Waals surface area contributed by atoms with Crippen molar-refractivity contribution in [1.82, 2.24) is 14.8 Å². The van der Waals surface area contributed by atoms with E-state index in [2.05, 4.69) is 5.10 Å². The number of hydrogen-bond acceptors (Lipinski definition) is 2. The van der Waals surface area contributed by atoms with Crippen LogP contribution in [-0.2, 0) is 6.18 Å². The second-order valence-corrected chi connectivity index (χ2v) is 9.08. The third kappa shape index (κ3) is 4.30. The fourth-order valence-corrected chi connectivity index (χ4v) is 4.19. The van der Waals surface area contributed by atoms with E-state index >= 15 is 0 Å². The van der Waals surface area contributed by atoms with E-state index in [1.165, 1.54) is 4.68 Å². The van der Waals surface area contributed by atoms with Crippen LogP contribution in [0.5, 0.6) is 0 Å². The van der Waals surface area contributed by atoms with Crippen LogP contribution in [-0.4, -0.2) is 14.8 Å². The zero-order chi connectivity index (χ0) is 24.9. The molecule has 0 bridgehead atoms. The van der Waals surface area contributed by atoms with Crippen molar-refractivity contribution < 1.29 is 13.2 Å². The van der Waals surface area contributed by atoms with Gasteiger partial charge in [0.1, 0.15) is 5.69 Å². The molecule has 3 aromatic carbocycles. The van der Waals surface area contributed by atoms with Crippen LogP contribution in [0.3, 0.4) is 0 Å². The molecule has 2 heterocycles. The van der Waals surface area contributed by atoms with Gasteiger partial charge in [0.2, 0.25) is 0 Å². The van der Waals surface area contributed by atoms with E-state index in [-0.39, 0.29) is 22.4 Å². The Balaban J connectivity index is 1.89. The number of nitrogens with zero attached hydrogens (tertiary/aromatic N) is 3. The van der Waals surface area contributed by atoms with Gasteiger partial charge in [0.15, 0.2) is 5.65 Å². The molecule has 0 aliphatic rings. The summed E-state index contributed by atoms with van der Waals surface area (Å²) >= 11 is 6.36. The minimum atomic E-state index is -4.61. The van der Waals surface area contributed by atoms with Gasteiger partial charge in [-0.05, 0) is 44.5 Å². The first-order valence-electron chi connectivity index (χ1n) is 11.0. The van der Waals surface area contributed by atoms with Crippen molar-refractivity contribution in [3.8, 4) is 28.2 Å². The molecular formula is C28H21ClF3N3. The average molecular weight is 492 g/mol. The minimum absolute atomic E-state index is 0.0473. The van der Waals surface area contributed by atoms with Gasteiger partial charge in [-0.15, -0.1) is 0 Å². The van der Waals surface area contributed by atoms with Crippen molar-refractivity contribution in [2.45, 2.75) is 26.9 Å². The molecule has 3 nitrogen and oxygen atoms in total. The summed E-state index contributed by atoms with van der Waals surface area (Å²) in [5.74, 6) is 0. The Labute approximate surface area is 205 Å². The summed E-state index contributed by atoms with van der Waals surface area (Å²) in [5.41, 5.74) is 4.34. The lowest BCUT2D eigenvalue weighted by molar-refractivity contribution is -0.136. The maximum Gasteiger partial charge on any atom is 0.417 e. The van der Waals surface area contributed by atoms with Crippen molar-refractivity contribution in [3.63, 3.8) is 0 Å². The highest BCUT2D eigenvalue weighted by molar-refractivity contribution is 6.31. The maximum atomic E-state index is 14.5. The zero-order valence-corrected chi connectivity index (χ0v) is 20.0. The molecule has 5 rings (SSSR count). The van der Waals surface area contributed by atoms with E-state index < -0.39 is 11.7 Å². The van der Waals surface area contributed by atoms with Crippen molar-refractivity contribution in [1.29, 1.82) is 0 Å².